The lowest BCUT2D eigenvalue weighted by Gasteiger charge is -2.06. The van der Waals surface area contributed by atoms with Gasteiger partial charge < -0.3 is 4.57 Å². The molecule has 0 atom stereocenters. The summed E-state index contributed by atoms with van der Waals surface area (Å²) in [6, 6.07) is 12.3. The molecule has 3 rings (SSSR count). The molecule has 0 N–H and O–H groups in total. The maximum absolute atomic E-state index is 4.35. The number of allylic oxidation sites excluding steroid dienone is 2. The molecule has 0 saturated heterocycles. The number of rotatable bonds is 6. The Morgan fingerprint density at radius 2 is 2.00 bits per heavy atom. The van der Waals surface area contributed by atoms with E-state index in [1.807, 2.05) is 36.4 Å². The minimum absolute atomic E-state index is 0.689. The van der Waals surface area contributed by atoms with Gasteiger partial charge in [0.15, 0.2) is 0 Å². The third-order valence-corrected chi connectivity index (χ3v) is 5.57. The van der Waals surface area contributed by atoms with Gasteiger partial charge in [-0.25, -0.2) is 0 Å². The number of aromatic nitrogens is 1. The molecule has 6 heteroatoms. The topological polar surface area (TPSA) is 29.6 Å². The van der Waals surface area contributed by atoms with E-state index in [9.17, 15) is 0 Å². The van der Waals surface area contributed by atoms with Crippen LogP contribution >= 0.6 is 38.6 Å². The number of thiophene rings is 1. The third kappa shape index (κ3) is 4.75. The lowest BCUT2D eigenvalue weighted by atomic mass is 10.2. The van der Waals surface area contributed by atoms with Gasteiger partial charge in [-0.1, -0.05) is 40.2 Å². The molecular weight excluding hydrogens is 414 g/mol. The summed E-state index contributed by atoms with van der Waals surface area (Å²) in [5, 5.41) is 12.7. The van der Waals surface area contributed by atoms with E-state index in [0.717, 1.165) is 20.5 Å². The first-order chi connectivity index (χ1) is 12.3. The molecule has 3 aromatic rings. The van der Waals surface area contributed by atoms with Crippen LogP contribution in [-0.2, 0) is 6.54 Å². The smallest absolute Gasteiger partial charge is 0.211 e. The van der Waals surface area contributed by atoms with Crippen molar-refractivity contribution in [3.05, 3.63) is 80.0 Å². The standard InChI is InChI=1S/C19H16BrN3S2/c1-2-12-23-18(15-7-9-16(20)10-8-15)14-25-19(23)22-21-11-3-5-17-6-4-13-24-17/h2-11,13-14H,1,12H2/b5-3+,21-11+,22-19-. The molecule has 0 radical (unpaired) electrons. The van der Waals surface area contributed by atoms with Crippen molar-refractivity contribution >= 4 is 50.9 Å². The predicted octanol–water partition coefficient (Wildman–Crippen LogP) is 5.83. The third-order valence-electron chi connectivity index (χ3n) is 3.35. The molecule has 0 saturated carbocycles. The van der Waals surface area contributed by atoms with Crippen molar-refractivity contribution in [3.8, 4) is 11.3 Å². The highest BCUT2D eigenvalue weighted by atomic mass is 79.9. The van der Waals surface area contributed by atoms with E-state index >= 15 is 0 Å². The fourth-order valence-corrected chi connectivity index (χ4v) is 3.98. The predicted molar refractivity (Wildman–Crippen MR) is 113 cm³/mol. The zero-order valence-electron chi connectivity index (χ0n) is 13.4. The van der Waals surface area contributed by atoms with E-state index < -0.39 is 0 Å². The molecule has 25 heavy (non-hydrogen) atoms. The lowest BCUT2D eigenvalue weighted by molar-refractivity contribution is 0.789. The van der Waals surface area contributed by atoms with Crippen molar-refractivity contribution in [1.29, 1.82) is 0 Å². The van der Waals surface area contributed by atoms with E-state index in [4.69, 9.17) is 0 Å². The molecule has 0 amide bonds. The first-order valence-corrected chi connectivity index (χ1v) is 10.2. The summed E-state index contributed by atoms with van der Waals surface area (Å²) in [5.41, 5.74) is 2.25. The molecular formula is C19H16BrN3S2. The largest absolute Gasteiger partial charge is 0.311 e. The van der Waals surface area contributed by atoms with E-state index in [1.165, 1.54) is 4.88 Å². The number of thiazole rings is 1. The van der Waals surface area contributed by atoms with Crippen molar-refractivity contribution in [2.75, 3.05) is 0 Å². The van der Waals surface area contributed by atoms with Gasteiger partial charge in [0, 0.05) is 27.5 Å². The Labute approximate surface area is 163 Å². The summed E-state index contributed by atoms with van der Waals surface area (Å²) in [6.45, 7) is 4.54. The Morgan fingerprint density at radius 3 is 2.72 bits per heavy atom. The van der Waals surface area contributed by atoms with Crippen molar-refractivity contribution in [2.24, 2.45) is 10.2 Å². The Bertz CT molecular complexity index is 945. The van der Waals surface area contributed by atoms with Gasteiger partial charge in [-0.15, -0.1) is 34.4 Å². The molecule has 0 spiro atoms. The average Bonchev–Trinajstić information content (AvgIpc) is 3.26. The van der Waals surface area contributed by atoms with Gasteiger partial charge in [-0.3, -0.25) is 0 Å². The lowest BCUT2D eigenvalue weighted by Crippen LogP contribution is -2.14. The van der Waals surface area contributed by atoms with E-state index in [2.05, 4.69) is 66.2 Å². The van der Waals surface area contributed by atoms with Gasteiger partial charge >= 0.3 is 0 Å². The van der Waals surface area contributed by atoms with Crippen LogP contribution in [0, 0.1) is 0 Å². The summed E-state index contributed by atoms with van der Waals surface area (Å²) in [6.07, 6.45) is 7.49. The summed E-state index contributed by atoms with van der Waals surface area (Å²) in [4.78, 5) is 2.04. The molecule has 0 aliphatic rings. The Kier molecular flexibility index (Phi) is 6.33. The summed E-state index contributed by atoms with van der Waals surface area (Å²) < 4.78 is 3.18. The quantitative estimate of drug-likeness (QED) is 0.268. The number of hydrogen-bond acceptors (Lipinski definition) is 4. The van der Waals surface area contributed by atoms with Gasteiger partial charge in [0.25, 0.3) is 0 Å². The Balaban J connectivity index is 1.85. The zero-order chi connectivity index (χ0) is 17.5. The molecule has 0 bridgehead atoms. The van der Waals surface area contributed by atoms with Gasteiger partial charge in [0.05, 0.1) is 5.69 Å². The van der Waals surface area contributed by atoms with Crippen LogP contribution in [0.1, 0.15) is 4.88 Å². The molecule has 2 heterocycles. The first-order valence-electron chi connectivity index (χ1n) is 7.60. The fraction of sp³-hybridized carbons (Fsp3) is 0.0526. The number of benzene rings is 1. The summed E-state index contributed by atoms with van der Waals surface area (Å²) in [5.74, 6) is 0. The molecule has 0 aliphatic heterocycles. The Hall–Kier alpha value is -2.02. The second kappa shape index (κ2) is 8.89. The average molecular weight is 430 g/mol. The second-order valence-electron chi connectivity index (χ2n) is 5.05. The normalized spacial score (nSPS) is 12.4. The van der Waals surface area contributed by atoms with Gasteiger partial charge in [0.2, 0.25) is 4.80 Å². The number of nitrogens with zero attached hydrogens (tertiary/aromatic N) is 3. The number of halogens is 1. The highest BCUT2D eigenvalue weighted by molar-refractivity contribution is 9.10. The monoisotopic (exact) mass is 429 g/mol. The zero-order valence-corrected chi connectivity index (χ0v) is 16.6. The Morgan fingerprint density at radius 1 is 1.16 bits per heavy atom. The molecule has 2 aromatic heterocycles. The highest BCUT2D eigenvalue weighted by Gasteiger charge is 2.06. The van der Waals surface area contributed by atoms with Crippen LogP contribution in [0.4, 0.5) is 0 Å². The van der Waals surface area contributed by atoms with E-state index in [0.29, 0.717) is 6.54 Å². The van der Waals surface area contributed by atoms with Gasteiger partial charge in [-0.05, 0) is 41.3 Å². The van der Waals surface area contributed by atoms with Gasteiger partial charge in [0.1, 0.15) is 0 Å². The van der Waals surface area contributed by atoms with Crippen LogP contribution < -0.4 is 4.80 Å². The molecule has 3 nitrogen and oxygen atoms in total. The highest BCUT2D eigenvalue weighted by Crippen LogP contribution is 2.22. The van der Waals surface area contributed by atoms with Crippen molar-refractivity contribution < 1.29 is 0 Å². The molecule has 0 unspecified atom stereocenters. The van der Waals surface area contributed by atoms with E-state index in [1.54, 1.807) is 28.9 Å². The SMILES string of the molecule is C=CCn1c(-c2ccc(Br)cc2)cs\c1=N/N=C/C=C/c1cccs1. The first kappa shape index (κ1) is 17.8. The molecule has 1 aromatic carbocycles. The van der Waals surface area contributed by atoms with Crippen molar-refractivity contribution in [1.82, 2.24) is 4.57 Å². The van der Waals surface area contributed by atoms with Crippen molar-refractivity contribution in [2.45, 2.75) is 6.54 Å². The maximum Gasteiger partial charge on any atom is 0.211 e. The van der Waals surface area contributed by atoms with Gasteiger partial charge in [-0.2, -0.15) is 5.10 Å². The van der Waals surface area contributed by atoms with E-state index in [-0.39, 0.29) is 0 Å². The second-order valence-corrected chi connectivity index (χ2v) is 7.78. The van der Waals surface area contributed by atoms with Crippen LogP contribution in [0.2, 0.25) is 0 Å². The summed E-state index contributed by atoms with van der Waals surface area (Å²) >= 11 is 6.74. The number of hydrogen-bond donors (Lipinski definition) is 0. The van der Waals surface area contributed by atoms with Crippen LogP contribution in [0.3, 0.4) is 0 Å². The van der Waals surface area contributed by atoms with Crippen molar-refractivity contribution in [3.63, 3.8) is 0 Å². The molecule has 126 valence electrons. The molecule has 0 fully saturated rings. The van der Waals surface area contributed by atoms with Crippen LogP contribution in [0.5, 0.6) is 0 Å². The summed E-state index contributed by atoms with van der Waals surface area (Å²) in [7, 11) is 0. The maximum atomic E-state index is 4.35. The van der Waals surface area contributed by atoms with Crippen LogP contribution in [0.15, 0.2) is 80.6 Å². The fourth-order valence-electron chi connectivity index (χ4n) is 2.21. The molecule has 0 aliphatic carbocycles. The van der Waals surface area contributed by atoms with Crippen LogP contribution in [-0.4, -0.2) is 10.8 Å². The minimum Gasteiger partial charge on any atom is -0.311 e. The van der Waals surface area contributed by atoms with Crippen LogP contribution in [0.25, 0.3) is 17.3 Å². The minimum atomic E-state index is 0.689.